The second-order valence-electron chi connectivity index (χ2n) is 5.80. The van der Waals surface area contributed by atoms with E-state index in [1.807, 2.05) is 62.5 Å². The fraction of sp³-hybridized carbons (Fsp3) is 0.400. The van der Waals surface area contributed by atoms with Crippen molar-refractivity contribution in [3.63, 3.8) is 0 Å². The van der Waals surface area contributed by atoms with Gasteiger partial charge < -0.3 is 20.1 Å². The Morgan fingerprint density at radius 3 is 2.52 bits per heavy atom. The second-order valence-corrected chi connectivity index (χ2v) is 5.80. The van der Waals surface area contributed by atoms with E-state index in [4.69, 9.17) is 9.47 Å². The van der Waals surface area contributed by atoms with Gasteiger partial charge in [-0.05, 0) is 38.1 Å². The fourth-order valence-electron chi connectivity index (χ4n) is 2.39. The molecule has 0 fully saturated rings. The zero-order valence-corrected chi connectivity index (χ0v) is 18.5. The molecule has 0 radical (unpaired) electrons. The van der Waals surface area contributed by atoms with Gasteiger partial charge in [0.1, 0.15) is 6.10 Å². The number of guanidine groups is 1. The van der Waals surface area contributed by atoms with Gasteiger partial charge in [-0.3, -0.25) is 4.98 Å². The SMILES string of the molecule is CCNC(=NCC(C)Oc1ccccc1OC)NCCc1ccccn1.I. The van der Waals surface area contributed by atoms with Crippen LogP contribution in [-0.2, 0) is 6.42 Å². The number of nitrogens with one attached hydrogen (secondary N) is 2. The van der Waals surface area contributed by atoms with E-state index in [9.17, 15) is 0 Å². The maximum Gasteiger partial charge on any atom is 0.191 e. The van der Waals surface area contributed by atoms with E-state index < -0.39 is 0 Å². The number of pyridine rings is 1. The summed E-state index contributed by atoms with van der Waals surface area (Å²) >= 11 is 0. The summed E-state index contributed by atoms with van der Waals surface area (Å²) in [7, 11) is 1.64. The molecular weight excluding hydrogens is 455 g/mol. The van der Waals surface area contributed by atoms with Gasteiger partial charge in [-0.2, -0.15) is 0 Å². The average molecular weight is 484 g/mol. The number of aromatic nitrogens is 1. The van der Waals surface area contributed by atoms with Gasteiger partial charge in [0.25, 0.3) is 0 Å². The summed E-state index contributed by atoms with van der Waals surface area (Å²) in [5.41, 5.74) is 1.06. The van der Waals surface area contributed by atoms with Crippen molar-refractivity contribution >= 4 is 29.9 Å². The molecule has 2 N–H and O–H groups in total. The van der Waals surface area contributed by atoms with Crippen LogP contribution in [-0.4, -0.2) is 43.8 Å². The molecule has 0 aliphatic heterocycles. The Morgan fingerprint density at radius 1 is 1.11 bits per heavy atom. The van der Waals surface area contributed by atoms with Crippen molar-refractivity contribution in [2.75, 3.05) is 26.7 Å². The van der Waals surface area contributed by atoms with Gasteiger partial charge in [-0.25, -0.2) is 4.99 Å². The van der Waals surface area contributed by atoms with Gasteiger partial charge in [0.2, 0.25) is 0 Å². The minimum Gasteiger partial charge on any atom is -0.493 e. The molecule has 1 atom stereocenters. The number of aliphatic imine (C=N–C) groups is 1. The predicted molar refractivity (Wildman–Crippen MR) is 120 cm³/mol. The lowest BCUT2D eigenvalue weighted by Gasteiger charge is -2.16. The van der Waals surface area contributed by atoms with Gasteiger partial charge in [-0.15, -0.1) is 24.0 Å². The van der Waals surface area contributed by atoms with Crippen molar-refractivity contribution in [2.24, 2.45) is 4.99 Å². The van der Waals surface area contributed by atoms with Crippen molar-refractivity contribution in [3.05, 3.63) is 54.4 Å². The van der Waals surface area contributed by atoms with Crippen LogP contribution in [0.5, 0.6) is 11.5 Å². The van der Waals surface area contributed by atoms with Crippen molar-refractivity contribution in [3.8, 4) is 11.5 Å². The molecule has 148 valence electrons. The normalized spacial score (nSPS) is 11.9. The minimum atomic E-state index is -0.0717. The highest BCUT2D eigenvalue weighted by Crippen LogP contribution is 2.26. The van der Waals surface area contributed by atoms with Crippen LogP contribution in [0.3, 0.4) is 0 Å². The Labute approximate surface area is 178 Å². The number of hydrogen-bond donors (Lipinski definition) is 2. The number of benzene rings is 1. The molecule has 1 aromatic heterocycles. The summed E-state index contributed by atoms with van der Waals surface area (Å²) < 4.78 is 11.3. The first-order chi connectivity index (χ1) is 12.7. The van der Waals surface area contributed by atoms with Crippen LogP contribution in [0.15, 0.2) is 53.7 Å². The van der Waals surface area contributed by atoms with E-state index in [1.54, 1.807) is 7.11 Å². The number of hydrogen-bond acceptors (Lipinski definition) is 4. The third kappa shape index (κ3) is 8.47. The fourth-order valence-corrected chi connectivity index (χ4v) is 2.39. The number of methoxy groups -OCH3 is 1. The Balaban J connectivity index is 0.00000364. The molecule has 2 rings (SSSR count). The molecule has 1 heterocycles. The monoisotopic (exact) mass is 484 g/mol. The van der Waals surface area contributed by atoms with E-state index in [-0.39, 0.29) is 30.1 Å². The third-order valence-corrected chi connectivity index (χ3v) is 3.65. The molecule has 0 aliphatic rings. The van der Waals surface area contributed by atoms with Gasteiger partial charge in [0.15, 0.2) is 17.5 Å². The zero-order valence-electron chi connectivity index (χ0n) is 16.1. The topological polar surface area (TPSA) is 67.8 Å². The van der Waals surface area contributed by atoms with Crippen LogP contribution in [0.4, 0.5) is 0 Å². The van der Waals surface area contributed by atoms with Crippen LogP contribution < -0.4 is 20.1 Å². The minimum absolute atomic E-state index is 0. The first kappa shape index (κ1) is 23.0. The Hall–Kier alpha value is -2.03. The second kappa shape index (κ2) is 13.2. The third-order valence-electron chi connectivity index (χ3n) is 3.65. The van der Waals surface area contributed by atoms with Gasteiger partial charge >= 0.3 is 0 Å². The predicted octanol–water partition coefficient (Wildman–Crippen LogP) is 3.27. The highest BCUT2D eigenvalue weighted by Gasteiger charge is 2.08. The average Bonchev–Trinajstić information content (AvgIpc) is 2.67. The molecule has 0 amide bonds. The largest absolute Gasteiger partial charge is 0.493 e. The molecular formula is C20H29IN4O2. The Morgan fingerprint density at radius 2 is 1.85 bits per heavy atom. The van der Waals surface area contributed by atoms with Gasteiger partial charge in [0.05, 0.1) is 13.7 Å². The van der Waals surface area contributed by atoms with Crippen LogP contribution >= 0.6 is 24.0 Å². The van der Waals surface area contributed by atoms with E-state index in [0.29, 0.717) is 6.54 Å². The van der Waals surface area contributed by atoms with Crippen molar-refractivity contribution in [2.45, 2.75) is 26.4 Å². The molecule has 0 aliphatic carbocycles. The molecule has 0 spiro atoms. The summed E-state index contributed by atoms with van der Waals surface area (Å²) in [6, 6.07) is 13.6. The lowest BCUT2D eigenvalue weighted by molar-refractivity contribution is 0.219. The molecule has 2 aromatic rings. The summed E-state index contributed by atoms with van der Waals surface area (Å²) in [6.45, 7) is 6.15. The van der Waals surface area contributed by atoms with E-state index >= 15 is 0 Å². The van der Waals surface area contributed by atoms with Crippen LogP contribution in [0.1, 0.15) is 19.5 Å². The Kier molecular flexibility index (Phi) is 11.2. The van der Waals surface area contributed by atoms with Crippen LogP contribution in [0.25, 0.3) is 0 Å². The first-order valence-electron chi connectivity index (χ1n) is 8.94. The molecule has 7 heteroatoms. The van der Waals surface area contributed by atoms with E-state index in [1.165, 1.54) is 0 Å². The number of rotatable bonds is 9. The maximum absolute atomic E-state index is 5.94. The molecule has 0 saturated heterocycles. The summed E-state index contributed by atoms with van der Waals surface area (Å²) in [5, 5.41) is 6.58. The van der Waals surface area contributed by atoms with Crippen molar-refractivity contribution in [1.82, 2.24) is 15.6 Å². The number of nitrogens with zero attached hydrogens (tertiary/aromatic N) is 2. The van der Waals surface area contributed by atoms with Crippen LogP contribution in [0.2, 0.25) is 0 Å². The van der Waals surface area contributed by atoms with Crippen molar-refractivity contribution in [1.29, 1.82) is 0 Å². The highest BCUT2D eigenvalue weighted by atomic mass is 127. The highest BCUT2D eigenvalue weighted by molar-refractivity contribution is 14.0. The Bertz CT molecular complexity index is 683. The maximum atomic E-state index is 5.94. The van der Waals surface area contributed by atoms with Crippen molar-refractivity contribution < 1.29 is 9.47 Å². The quantitative estimate of drug-likeness (QED) is 0.325. The number of ether oxygens (including phenoxy) is 2. The summed E-state index contributed by atoms with van der Waals surface area (Å²) in [4.78, 5) is 8.93. The summed E-state index contributed by atoms with van der Waals surface area (Å²) in [6.07, 6.45) is 2.59. The smallest absolute Gasteiger partial charge is 0.191 e. The first-order valence-corrected chi connectivity index (χ1v) is 8.94. The molecule has 0 saturated carbocycles. The van der Waals surface area contributed by atoms with E-state index in [0.717, 1.165) is 42.7 Å². The number of halogens is 1. The number of para-hydroxylation sites is 2. The lowest BCUT2D eigenvalue weighted by Crippen LogP contribution is -2.39. The molecule has 0 bridgehead atoms. The van der Waals surface area contributed by atoms with Crippen LogP contribution in [0, 0.1) is 0 Å². The molecule has 1 aromatic carbocycles. The summed E-state index contributed by atoms with van der Waals surface area (Å²) in [5.74, 6) is 2.23. The molecule has 6 nitrogen and oxygen atoms in total. The molecule has 1 unspecified atom stereocenters. The van der Waals surface area contributed by atoms with Gasteiger partial charge in [-0.1, -0.05) is 18.2 Å². The zero-order chi connectivity index (χ0) is 18.6. The molecule has 27 heavy (non-hydrogen) atoms. The van der Waals surface area contributed by atoms with E-state index in [2.05, 4.69) is 20.6 Å². The lowest BCUT2D eigenvalue weighted by atomic mass is 10.3. The van der Waals surface area contributed by atoms with Gasteiger partial charge in [0, 0.05) is 31.4 Å². The standard InChI is InChI=1S/C20H28N4O2.HI/c1-4-21-20(23-14-12-17-9-7-8-13-22-17)24-15-16(2)26-19-11-6-5-10-18(19)25-3;/h5-11,13,16H,4,12,14-15H2,1-3H3,(H2,21,23,24);1H.